The Kier molecular flexibility index (Phi) is 5.86. The first-order valence-electron chi connectivity index (χ1n) is 8.47. The van der Waals surface area contributed by atoms with Gasteiger partial charge in [0.05, 0.1) is 16.3 Å². The van der Waals surface area contributed by atoms with E-state index >= 15 is 0 Å². The van der Waals surface area contributed by atoms with E-state index in [1.165, 1.54) is 12.1 Å². The number of sulfonamides is 1. The standard InChI is InChI=1S/C21H19BrN2O3S/c1-14-7-10-17(13-15(14)2)23-21(25)19-5-3-4-6-20(19)24-28(26,27)18-11-8-16(22)9-12-18/h3-13,24H,1-2H3,(H,23,25)/p-1. The smallest absolute Gasteiger partial charge is 0.261 e. The number of nitrogens with one attached hydrogen (secondary N) is 1. The van der Waals surface area contributed by atoms with Crippen molar-refractivity contribution in [2.45, 2.75) is 18.7 Å². The lowest BCUT2D eigenvalue weighted by molar-refractivity contribution is -0.212. The fraction of sp³-hybridized carbons (Fsp3) is 0.0952. The Labute approximate surface area is 173 Å². The van der Waals surface area contributed by atoms with Crippen LogP contribution >= 0.6 is 15.9 Å². The molecule has 0 aliphatic carbocycles. The molecule has 1 N–H and O–H groups in total. The maximum absolute atomic E-state index is 12.7. The molecule has 28 heavy (non-hydrogen) atoms. The Morgan fingerprint density at radius 3 is 2.32 bits per heavy atom. The molecule has 0 aromatic heterocycles. The average molecular weight is 458 g/mol. The highest BCUT2D eigenvalue weighted by Gasteiger charge is 2.16. The fourth-order valence-electron chi connectivity index (χ4n) is 2.55. The van der Waals surface area contributed by atoms with Crippen LogP contribution in [0.25, 0.3) is 0 Å². The lowest BCUT2D eigenvalue weighted by atomic mass is 10.1. The van der Waals surface area contributed by atoms with Gasteiger partial charge in [-0.05, 0) is 73.3 Å². The van der Waals surface area contributed by atoms with Gasteiger partial charge in [-0.25, -0.2) is 8.42 Å². The molecule has 0 aliphatic heterocycles. The van der Waals surface area contributed by atoms with Crippen LogP contribution in [0.3, 0.4) is 0 Å². The van der Waals surface area contributed by atoms with E-state index in [0.717, 1.165) is 15.6 Å². The van der Waals surface area contributed by atoms with E-state index in [1.54, 1.807) is 42.5 Å². The normalized spacial score (nSPS) is 12.0. The molecule has 0 fully saturated rings. The second-order valence-electron chi connectivity index (χ2n) is 6.29. The third-order valence-corrected chi connectivity index (χ3v) is 6.16. The van der Waals surface area contributed by atoms with E-state index in [9.17, 15) is 13.5 Å². The van der Waals surface area contributed by atoms with E-state index in [2.05, 4.69) is 25.6 Å². The zero-order chi connectivity index (χ0) is 20.3. The minimum Gasteiger partial charge on any atom is -0.858 e. The van der Waals surface area contributed by atoms with Gasteiger partial charge in [0, 0.05) is 10.0 Å². The summed E-state index contributed by atoms with van der Waals surface area (Å²) in [7, 11) is -3.84. The third-order valence-electron chi connectivity index (χ3n) is 4.25. The van der Waals surface area contributed by atoms with Gasteiger partial charge in [-0.3, -0.25) is 9.71 Å². The van der Waals surface area contributed by atoms with Crippen molar-refractivity contribution in [3.63, 3.8) is 0 Å². The lowest BCUT2D eigenvalue weighted by Gasteiger charge is -2.17. The maximum atomic E-state index is 12.7. The van der Waals surface area contributed by atoms with E-state index in [-0.39, 0.29) is 16.1 Å². The molecule has 0 bridgehead atoms. The summed E-state index contributed by atoms with van der Waals surface area (Å²) in [5.74, 6) is -0.516. The molecule has 5 nitrogen and oxygen atoms in total. The van der Waals surface area contributed by atoms with Crippen molar-refractivity contribution < 1.29 is 13.5 Å². The lowest BCUT2D eigenvalue weighted by Crippen LogP contribution is -2.22. The Morgan fingerprint density at radius 1 is 0.964 bits per heavy atom. The van der Waals surface area contributed by atoms with Gasteiger partial charge < -0.3 is 5.11 Å². The fourth-order valence-corrected chi connectivity index (χ4v) is 3.89. The van der Waals surface area contributed by atoms with E-state index in [1.807, 2.05) is 26.0 Å². The molecule has 0 radical (unpaired) electrons. The molecule has 0 saturated heterocycles. The van der Waals surface area contributed by atoms with Crippen LogP contribution in [0.2, 0.25) is 0 Å². The predicted octanol–water partition coefficient (Wildman–Crippen LogP) is 4.31. The monoisotopic (exact) mass is 457 g/mol. The number of nitrogens with zero attached hydrogens (tertiary/aromatic N) is 1. The summed E-state index contributed by atoms with van der Waals surface area (Å²) >= 11 is 3.28. The number of aliphatic imine (C=N–C) groups is 1. The van der Waals surface area contributed by atoms with Crippen LogP contribution in [0.1, 0.15) is 16.7 Å². The summed E-state index contributed by atoms with van der Waals surface area (Å²) in [6.45, 7) is 3.92. The number of aryl methyl sites for hydroxylation is 2. The summed E-state index contributed by atoms with van der Waals surface area (Å²) < 4.78 is 28.6. The highest BCUT2D eigenvalue weighted by molar-refractivity contribution is 9.10. The molecule has 3 aromatic carbocycles. The molecular formula is C21H18BrN2O3S-. The predicted molar refractivity (Wildman–Crippen MR) is 114 cm³/mol. The quantitative estimate of drug-likeness (QED) is 0.457. The first-order valence-corrected chi connectivity index (χ1v) is 10.7. The van der Waals surface area contributed by atoms with Gasteiger partial charge in [0.2, 0.25) is 0 Å². The Morgan fingerprint density at radius 2 is 1.64 bits per heavy atom. The number of hydrogen-bond donors (Lipinski definition) is 1. The van der Waals surface area contributed by atoms with Crippen molar-refractivity contribution in [3.8, 4) is 0 Å². The van der Waals surface area contributed by atoms with Gasteiger partial charge >= 0.3 is 0 Å². The molecule has 0 atom stereocenters. The van der Waals surface area contributed by atoms with Gasteiger partial charge in [0.25, 0.3) is 10.0 Å². The highest BCUT2D eigenvalue weighted by Crippen LogP contribution is 2.23. The van der Waals surface area contributed by atoms with Gasteiger partial charge in [-0.15, -0.1) is 0 Å². The van der Waals surface area contributed by atoms with Crippen molar-refractivity contribution in [2.75, 3.05) is 4.72 Å². The van der Waals surface area contributed by atoms with E-state index < -0.39 is 15.9 Å². The Hall–Kier alpha value is -2.64. The molecule has 3 rings (SSSR count). The summed E-state index contributed by atoms with van der Waals surface area (Å²) in [6.07, 6.45) is 0. The highest BCUT2D eigenvalue weighted by atomic mass is 79.9. The Balaban J connectivity index is 1.95. The number of halogens is 1. The van der Waals surface area contributed by atoms with Gasteiger partial charge in [-0.1, -0.05) is 40.2 Å². The van der Waals surface area contributed by atoms with Crippen molar-refractivity contribution in [2.24, 2.45) is 4.99 Å². The first kappa shape index (κ1) is 20.1. The van der Waals surface area contributed by atoms with Crippen molar-refractivity contribution >= 4 is 43.2 Å². The van der Waals surface area contributed by atoms with E-state index in [0.29, 0.717) is 5.69 Å². The second kappa shape index (κ2) is 8.16. The van der Waals surface area contributed by atoms with Gasteiger partial charge in [0.15, 0.2) is 0 Å². The molecule has 0 spiro atoms. The molecule has 0 aliphatic rings. The van der Waals surface area contributed by atoms with Crippen LogP contribution < -0.4 is 9.83 Å². The maximum Gasteiger partial charge on any atom is 0.261 e. The number of hydrogen-bond acceptors (Lipinski definition) is 4. The summed E-state index contributed by atoms with van der Waals surface area (Å²) in [4.78, 5) is 4.23. The number of para-hydroxylation sites is 1. The molecule has 144 valence electrons. The number of anilines is 1. The third kappa shape index (κ3) is 4.61. The van der Waals surface area contributed by atoms with Crippen molar-refractivity contribution in [3.05, 3.63) is 87.9 Å². The number of benzene rings is 3. The van der Waals surface area contributed by atoms with E-state index in [4.69, 9.17) is 0 Å². The van der Waals surface area contributed by atoms with Gasteiger partial charge in [-0.2, -0.15) is 0 Å². The molecular weight excluding hydrogens is 440 g/mol. The zero-order valence-corrected chi connectivity index (χ0v) is 17.7. The van der Waals surface area contributed by atoms with Crippen LogP contribution in [0.15, 0.2) is 81.1 Å². The van der Waals surface area contributed by atoms with Crippen molar-refractivity contribution in [1.82, 2.24) is 0 Å². The molecule has 0 unspecified atom stereocenters. The van der Waals surface area contributed by atoms with Gasteiger partial charge in [0.1, 0.15) is 0 Å². The molecule has 0 amide bonds. The summed E-state index contributed by atoms with van der Waals surface area (Å²) in [5.41, 5.74) is 3.02. The molecule has 3 aromatic rings. The first-order chi connectivity index (χ1) is 13.3. The molecule has 0 saturated carbocycles. The van der Waals surface area contributed by atoms with Crippen LogP contribution in [0.4, 0.5) is 11.4 Å². The minimum atomic E-state index is -3.84. The van der Waals surface area contributed by atoms with Crippen molar-refractivity contribution in [1.29, 1.82) is 0 Å². The molecule has 7 heteroatoms. The van der Waals surface area contributed by atoms with Crippen LogP contribution in [0, 0.1) is 13.8 Å². The topological polar surface area (TPSA) is 81.6 Å². The second-order valence-corrected chi connectivity index (χ2v) is 8.89. The zero-order valence-electron chi connectivity index (χ0n) is 15.3. The SMILES string of the molecule is Cc1ccc(N=C([O-])c2ccccc2NS(=O)(=O)c2ccc(Br)cc2)cc1C. The minimum absolute atomic E-state index is 0.101. The summed E-state index contributed by atoms with van der Waals surface area (Å²) in [6, 6.07) is 18.1. The van der Waals surface area contributed by atoms with Crippen LogP contribution in [-0.4, -0.2) is 14.3 Å². The van der Waals surface area contributed by atoms with Crippen LogP contribution in [-0.2, 0) is 10.0 Å². The summed E-state index contributed by atoms with van der Waals surface area (Å²) in [5, 5.41) is 12.7. The molecule has 0 heterocycles. The van der Waals surface area contributed by atoms with Crippen LogP contribution in [0.5, 0.6) is 0 Å². The largest absolute Gasteiger partial charge is 0.858 e. The Bertz CT molecular complexity index is 1140. The number of rotatable bonds is 5. The average Bonchev–Trinajstić information content (AvgIpc) is 2.65.